The quantitative estimate of drug-likeness (QED) is 0.462. The molecule has 162 valence electrons. The summed E-state index contributed by atoms with van der Waals surface area (Å²) in [5, 5.41) is 5.94. The van der Waals surface area contributed by atoms with Crippen molar-refractivity contribution in [2.24, 2.45) is 0 Å². The highest BCUT2D eigenvalue weighted by Crippen LogP contribution is 2.31. The molecule has 0 aliphatic carbocycles. The lowest BCUT2D eigenvalue weighted by Gasteiger charge is -2.21. The number of anilines is 1. The number of benzene rings is 2. The second kappa shape index (κ2) is 9.79. The van der Waals surface area contributed by atoms with Crippen LogP contribution in [0.5, 0.6) is 11.5 Å². The fourth-order valence-electron chi connectivity index (χ4n) is 2.93. The Kier molecular flexibility index (Phi) is 7.13. The number of hydrogen-bond acceptors (Lipinski definition) is 5. The molecule has 0 fully saturated rings. The highest BCUT2D eigenvalue weighted by molar-refractivity contribution is 7.09. The van der Waals surface area contributed by atoms with Crippen molar-refractivity contribution in [2.75, 3.05) is 12.4 Å². The van der Waals surface area contributed by atoms with E-state index in [2.05, 4.69) is 31.1 Å². The summed E-state index contributed by atoms with van der Waals surface area (Å²) in [6.07, 6.45) is 3.28. The van der Waals surface area contributed by atoms with Crippen molar-refractivity contribution >= 4 is 29.0 Å². The molecule has 1 amide bonds. The van der Waals surface area contributed by atoms with E-state index in [1.165, 1.54) is 6.08 Å². The van der Waals surface area contributed by atoms with Crippen molar-refractivity contribution < 1.29 is 14.3 Å². The minimum atomic E-state index is -0.219. The van der Waals surface area contributed by atoms with E-state index in [1.807, 2.05) is 54.8 Å². The molecule has 3 aromatic rings. The second-order valence-corrected chi connectivity index (χ2v) is 9.27. The fraction of sp³-hybridized carbons (Fsp3) is 0.280. The van der Waals surface area contributed by atoms with Crippen LogP contribution >= 0.6 is 11.3 Å². The normalized spacial score (nSPS) is 11.5. The molecule has 3 rings (SSSR count). The number of carbonyl (C=O) groups excluding carboxylic acids is 1. The molecule has 0 spiro atoms. The van der Waals surface area contributed by atoms with Crippen molar-refractivity contribution in [1.82, 2.24) is 4.98 Å². The molecular formula is C25H28N2O3S. The third-order valence-electron chi connectivity index (χ3n) is 4.68. The van der Waals surface area contributed by atoms with E-state index in [0.29, 0.717) is 18.0 Å². The Morgan fingerprint density at radius 3 is 2.52 bits per heavy atom. The number of methoxy groups -OCH3 is 1. The van der Waals surface area contributed by atoms with Gasteiger partial charge in [-0.05, 0) is 53.8 Å². The first kappa shape index (κ1) is 22.6. The molecule has 31 heavy (non-hydrogen) atoms. The van der Waals surface area contributed by atoms with Crippen LogP contribution in [0.4, 0.5) is 5.69 Å². The Morgan fingerprint density at radius 1 is 1.16 bits per heavy atom. The van der Waals surface area contributed by atoms with Crippen LogP contribution in [0.2, 0.25) is 0 Å². The predicted octanol–water partition coefficient (Wildman–Crippen LogP) is 5.99. The first-order chi connectivity index (χ1) is 14.7. The molecule has 1 N–H and O–H groups in total. The Balaban J connectivity index is 1.61. The minimum Gasteiger partial charge on any atom is -0.495 e. The third-order valence-corrected chi connectivity index (χ3v) is 5.51. The van der Waals surface area contributed by atoms with E-state index in [9.17, 15) is 4.79 Å². The van der Waals surface area contributed by atoms with Gasteiger partial charge >= 0.3 is 0 Å². The highest BCUT2D eigenvalue weighted by Gasteiger charge is 2.16. The number of aromatic nitrogens is 1. The van der Waals surface area contributed by atoms with Gasteiger partial charge in [0.1, 0.15) is 18.1 Å². The van der Waals surface area contributed by atoms with Gasteiger partial charge in [-0.2, -0.15) is 0 Å². The van der Waals surface area contributed by atoms with Gasteiger partial charge in [0.05, 0.1) is 23.5 Å². The van der Waals surface area contributed by atoms with Crippen LogP contribution in [0.15, 0.2) is 53.9 Å². The van der Waals surface area contributed by atoms with Crippen LogP contribution in [0.3, 0.4) is 0 Å². The molecule has 0 atom stereocenters. The average molecular weight is 437 g/mol. The van der Waals surface area contributed by atoms with E-state index >= 15 is 0 Å². The van der Waals surface area contributed by atoms with Crippen LogP contribution in [0, 0.1) is 6.92 Å². The average Bonchev–Trinajstić information content (AvgIpc) is 3.16. The lowest BCUT2D eigenvalue weighted by atomic mass is 9.87. The molecule has 0 radical (unpaired) electrons. The van der Waals surface area contributed by atoms with Crippen LogP contribution in [-0.2, 0) is 16.8 Å². The molecule has 0 bridgehead atoms. The summed E-state index contributed by atoms with van der Waals surface area (Å²) < 4.78 is 11.1. The topological polar surface area (TPSA) is 60.5 Å². The number of aryl methyl sites for hydroxylation is 1. The van der Waals surface area contributed by atoms with Crippen molar-refractivity contribution in [3.63, 3.8) is 0 Å². The molecule has 0 saturated carbocycles. The number of nitrogens with zero attached hydrogens (tertiary/aromatic N) is 1. The van der Waals surface area contributed by atoms with Gasteiger partial charge in [-0.1, -0.05) is 39.0 Å². The number of hydrogen-bond donors (Lipinski definition) is 1. The highest BCUT2D eigenvalue weighted by atomic mass is 32.1. The van der Waals surface area contributed by atoms with Gasteiger partial charge < -0.3 is 14.8 Å². The maximum absolute atomic E-state index is 12.5. The van der Waals surface area contributed by atoms with Gasteiger partial charge in [0, 0.05) is 11.5 Å². The molecule has 6 heteroatoms. The Morgan fingerprint density at radius 2 is 1.90 bits per heavy atom. The van der Waals surface area contributed by atoms with E-state index < -0.39 is 0 Å². The summed E-state index contributed by atoms with van der Waals surface area (Å²) in [5.74, 6) is 1.17. The maximum Gasteiger partial charge on any atom is 0.248 e. The van der Waals surface area contributed by atoms with Gasteiger partial charge in [0.2, 0.25) is 5.91 Å². The zero-order chi connectivity index (χ0) is 22.4. The largest absolute Gasteiger partial charge is 0.495 e. The third kappa shape index (κ3) is 6.43. The first-order valence-electron chi connectivity index (χ1n) is 10.1. The van der Waals surface area contributed by atoms with E-state index in [4.69, 9.17) is 9.47 Å². The monoisotopic (exact) mass is 436 g/mol. The van der Waals surface area contributed by atoms with Gasteiger partial charge in [0.25, 0.3) is 0 Å². The fourth-order valence-corrected chi connectivity index (χ4v) is 3.52. The number of rotatable bonds is 7. The number of ether oxygens (including phenoxy) is 2. The van der Waals surface area contributed by atoms with Gasteiger partial charge in [-0.3, -0.25) is 4.79 Å². The zero-order valence-electron chi connectivity index (χ0n) is 18.6. The van der Waals surface area contributed by atoms with Crippen LogP contribution in [0.25, 0.3) is 6.08 Å². The lowest BCUT2D eigenvalue weighted by Crippen LogP contribution is -2.14. The molecule has 5 nitrogen and oxygen atoms in total. The number of amides is 1. The van der Waals surface area contributed by atoms with Gasteiger partial charge in [0.15, 0.2) is 0 Å². The molecule has 1 aromatic heterocycles. The number of thiazole rings is 1. The van der Waals surface area contributed by atoms with E-state index in [-0.39, 0.29) is 11.3 Å². The zero-order valence-corrected chi connectivity index (χ0v) is 19.4. The van der Waals surface area contributed by atoms with Crippen LogP contribution < -0.4 is 14.8 Å². The van der Waals surface area contributed by atoms with Crippen LogP contribution in [0.1, 0.15) is 42.6 Å². The molecule has 0 aliphatic rings. The first-order valence-corrected chi connectivity index (χ1v) is 10.9. The summed E-state index contributed by atoms with van der Waals surface area (Å²) in [5.41, 5.74) is 3.59. The molecule has 0 aliphatic heterocycles. The Labute approximate surface area is 187 Å². The smallest absolute Gasteiger partial charge is 0.248 e. The molecule has 2 aromatic carbocycles. The summed E-state index contributed by atoms with van der Waals surface area (Å²) >= 11 is 1.61. The standard InChI is InChI=1S/C25H28N2O3S/c1-17-26-20(16-31-17)15-30-21-10-6-18(7-11-21)8-13-24(28)27-22-14-19(25(2,3)4)9-12-23(22)29-5/h6-14,16H,15H2,1-5H3,(H,27,28)/b13-8+. The summed E-state index contributed by atoms with van der Waals surface area (Å²) in [4.78, 5) is 16.8. The van der Waals surface area contributed by atoms with Crippen molar-refractivity contribution in [3.05, 3.63) is 75.7 Å². The second-order valence-electron chi connectivity index (χ2n) is 8.20. The maximum atomic E-state index is 12.5. The Bertz CT molecular complexity index is 1060. The van der Waals surface area contributed by atoms with Gasteiger partial charge in [-0.15, -0.1) is 11.3 Å². The molecule has 1 heterocycles. The summed E-state index contributed by atoms with van der Waals surface area (Å²) in [6, 6.07) is 13.4. The molecule has 0 unspecified atom stereocenters. The molecular weight excluding hydrogens is 408 g/mol. The number of carbonyl (C=O) groups is 1. The molecule has 0 saturated heterocycles. The number of nitrogens with one attached hydrogen (secondary N) is 1. The predicted molar refractivity (Wildman–Crippen MR) is 127 cm³/mol. The summed E-state index contributed by atoms with van der Waals surface area (Å²) in [7, 11) is 1.59. The Hall–Kier alpha value is -3.12. The SMILES string of the molecule is COc1ccc(C(C)(C)C)cc1NC(=O)/C=C/c1ccc(OCc2csc(C)n2)cc1. The van der Waals surface area contributed by atoms with Crippen molar-refractivity contribution in [1.29, 1.82) is 0 Å². The van der Waals surface area contributed by atoms with Crippen molar-refractivity contribution in [3.8, 4) is 11.5 Å². The van der Waals surface area contributed by atoms with Gasteiger partial charge in [-0.25, -0.2) is 4.98 Å². The van der Waals surface area contributed by atoms with Crippen molar-refractivity contribution in [2.45, 2.75) is 39.7 Å². The summed E-state index contributed by atoms with van der Waals surface area (Å²) in [6.45, 7) is 8.81. The van der Waals surface area contributed by atoms with E-state index in [1.54, 1.807) is 24.5 Å². The van der Waals surface area contributed by atoms with E-state index in [0.717, 1.165) is 27.6 Å². The van der Waals surface area contributed by atoms with Crippen LogP contribution in [-0.4, -0.2) is 18.0 Å². The lowest BCUT2D eigenvalue weighted by molar-refractivity contribution is -0.111. The minimum absolute atomic E-state index is 0.0241.